The van der Waals surface area contributed by atoms with Gasteiger partial charge in [0, 0.05) is 54.7 Å². The van der Waals surface area contributed by atoms with E-state index in [4.69, 9.17) is 34.8 Å². The standard InChI is InChI=1S/C17H46O8Si5/c1-18-29(19-2,20-3)16-12-14-27(8,9)24-26(7)25-28(10,11)15-13-17-30(21-4,22-5)23-6/h26H,12-17H2,1-11H3. The van der Waals surface area contributed by atoms with Crippen molar-refractivity contribution < 1.29 is 34.8 Å². The second-order valence-corrected chi connectivity index (χ2v) is 25.9. The average Bonchev–Trinajstić information content (AvgIpc) is 2.68. The fraction of sp³-hybridized carbons (Fsp3) is 1.00. The molecule has 0 aromatic carbocycles. The Bertz CT molecular complexity index is 405. The number of hydrogen-bond donors (Lipinski definition) is 0. The minimum atomic E-state index is -2.51. The van der Waals surface area contributed by atoms with Crippen LogP contribution in [0.2, 0.25) is 56.9 Å². The third-order valence-electron chi connectivity index (χ3n) is 5.36. The molecule has 0 saturated heterocycles. The summed E-state index contributed by atoms with van der Waals surface area (Å²) in [4.78, 5) is 0. The van der Waals surface area contributed by atoms with Crippen LogP contribution in [0.25, 0.3) is 0 Å². The summed E-state index contributed by atoms with van der Waals surface area (Å²) >= 11 is 0. The van der Waals surface area contributed by atoms with Crippen molar-refractivity contribution >= 4 is 43.5 Å². The van der Waals surface area contributed by atoms with E-state index in [0.717, 1.165) is 37.0 Å². The van der Waals surface area contributed by atoms with Crippen molar-refractivity contribution in [3.8, 4) is 0 Å². The van der Waals surface area contributed by atoms with E-state index >= 15 is 0 Å². The van der Waals surface area contributed by atoms with Gasteiger partial charge in [0.05, 0.1) is 0 Å². The Hall–Kier alpha value is 0.764. The van der Waals surface area contributed by atoms with Crippen molar-refractivity contribution in [3.05, 3.63) is 0 Å². The molecule has 0 aliphatic carbocycles. The zero-order valence-corrected chi connectivity index (χ0v) is 26.2. The summed E-state index contributed by atoms with van der Waals surface area (Å²) in [6.45, 7) is 11.2. The van der Waals surface area contributed by atoms with Gasteiger partial charge in [0.1, 0.15) is 0 Å². The molecule has 0 fully saturated rings. The molecule has 0 aliphatic rings. The lowest BCUT2D eigenvalue weighted by Gasteiger charge is -2.33. The predicted octanol–water partition coefficient (Wildman–Crippen LogP) is 3.82. The molecule has 0 rings (SSSR count). The van der Waals surface area contributed by atoms with Crippen LogP contribution in [0.1, 0.15) is 12.8 Å². The molecular weight excluding hydrogens is 473 g/mol. The molecule has 8 nitrogen and oxygen atoms in total. The molecule has 0 aromatic rings. The second kappa shape index (κ2) is 14.1. The molecule has 0 radical (unpaired) electrons. The highest BCUT2D eigenvalue weighted by Crippen LogP contribution is 2.25. The first-order valence-electron chi connectivity index (χ1n) is 10.5. The number of hydrogen-bond acceptors (Lipinski definition) is 8. The minimum absolute atomic E-state index is 0.803. The number of rotatable bonds is 18. The van der Waals surface area contributed by atoms with Crippen LogP contribution in [0.5, 0.6) is 0 Å². The molecular formula is C17H46O8Si5. The van der Waals surface area contributed by atoms with Gasteiger partial charge in [-0.2, -0.15) is 0 Å². The van der Waals surface area contributed by atoms with Gasteiger partial charge >= 0.3 is 17.6 Å². The summed E-state index contributed by atoms with van der Waals surface area (Å²) < 4.78 is 46.1. The van der Waals surface area contributed by atoms with E-state index in [0.29, 0.717) is 0 Å². The summed E-state index contributed by atoms with van der Waals surface area (Å²) in [5.74, 6) is 0. The maximum atomic E-state index is 6.52. The van der Waals surface area contributed by atoms with E-state index in [2.05, 4.69) is 32.7 Å². The van der Waals surface area contributed by atoms with E-state index in [1.807, 2.05) is 0 Å². The molecule has 0 spiro atoms. The zero-order valence-electron chi connectivity index (χ0n) is 21.1. The van der Waals surface area contributed by atoms with Crippen LogP contribution < -0.4 is 0 Å². The van der Waals surface area contributed by atoms with Crippen molar-refractivity contribution in [1.82, 2.24) is 0 Å². The summed E-state index contributed by atoms with van der Waals surface area (Å²) in [6.07, 6.45) is 1.95. The smallest absolute Gasteiger partial charge is 0.439 e. The molecule has 0 saturated carbocycles. The molecule has 13 heteroatoms. The minimum Gasteiger partial charge on any atom is -0.439 e. The van der Waals surface area contributed by atoms with Gasteiger partial charge in [0.25, 0.3) is 9.28 Å². The van der Waals surface area contributed by atoms with Gasteiger partial charge < -0.3 is 34.8 Å². The highest BCUT2D eigenvalue weighted by atomic mass is 28.4. The lowest BCUT2D eigenvalue weighted by molar-refractivity contribution is 0.123. The largest absolute Gasteiger partial charge is 0.500 e. The lowest BCUT2D eigenvalue weighted by Crippen LogP contribution is -2.46. The highest BCUT2D eigenvalue weighted by Gasteiger charge is 2.40. The van der Waals surface area contributed by atoms with Gasteiger partial charge in [-0.25, -0.2) is 0 Å². The Morgan fingerprint density at radius 2 is 0.767 bits per heavy atom. The Morgan fingerprint density at radius 3 is 1.00 bits per heavy atom. The third kappa shape index (κ3) is 11.1. The van der Waals surface area contributed by atoms with Crippen LogP contribution in [0.15, 0.2) is 0 Å². The summed E-state index contributed by atoms with van der Waals surface area (Å²) in [5, 5.41) is 0. The summed E-state index contributed by atoms with van der Waals surface area (Å²) in [5.41, 5.74) is 0. The predicted molar refractivity (Wildman–Crippen MR) is 132 cm³/mol. The Morgan fingerprint density at radius 1 is 0.500 bits per heavy atom. The molecule has 0 atom stereocenters. The summed E-state index contributed by atoms with van der Waals surface area (Å²) in [6, 6.07) is 3.67. The highest BCUT2D eigenvalue weighted by molar-refractivity contribution is 6.81. The first kappa shape index (κ1) is 30.8. The lowest BCUT2D eigenvalue weighted by atomic mass is 10.6. The van der Waals surface area contributed by atoms with E-state index in [9.17, 15) is 0 Å². The summed E-state index contributed by atoms with van der Waals surface area (Å²) in [7, 11) is -0.414. The van der Waals surface area contributed by atoms with Crippen molar-refractivity contribution in [1.29, 1.82) is 0 Å². The van der Waals surface area contributed by atoms with E-state index in [-0.39, 0.29) is 0 Å². The monoisotopic (exact) mass is 518 g/mol. The molecule has 182 valence electrons. The van der Waals surface area contributed by atoms with Crippen LogP contribution in [0.4, 0.5) is 0 Å². The molecule has 0 unspecified atom stereocenters. The van der Waals surface area contributed by atoms with E-state index < -0.39 is 43.5 Å². The van der Waals surface area contributed by atoms with Crippen LogP contribution in [0.3, 0.4) is 0 Å². The fourth-order valence-corrected chi connectivity index (χ4v) is 18.6. The van der Waals surface area contributed by atoms with E-state index in [1.54, 1.807) is 42.7 Å². The average molecular weight is 519 g/mol. The van der Waals surface area contributed by atoms with Crippen LogP contribution >= 0.6 is 0 Å². The molecule has 0 heterocycles. The van der Waals surface area contributed by atoms with Gasteiger partial charge in [-0.05, 0) is 57.7 Å². The van der Waals surface area contributed by atoms with Gasteiger partial charge in [0.2, 0.25) is 0 Å². The molecule has 0 N–H and O–H groups in total. The second-order valence-electron chi connectivity index (χ2n) is 8.62. The first-order valence-corrected chi connectivity index (χ1v) is 22.7. The Labute approximate surface area is 190 Å². The van der Waals surface area contributed by atoms with Gasteiger partial charge in [-0.1, -0.05) is 0 Å². The molecule has 0 aromatic heterocycles. The van der Waals surface area contributed by atoms with Crippen LogP contribution in [0, 0.1) is 0 Å². The van der Waals surface area contributed by atoms with Gasteiger partial charge in [-0.15, -0.1) is 0 Å². The molecule has 0 bridgehead atoms. The third-order valence-corrected chi connectivity index (χ3v) is 21.9. The molecule has 0 aliphatic heterocycles. The molecule has 0 amide bonds. The van der Waals surface area contributed by atoms with Gasteiger partial charge in [0.15, 0.2) is 16.6 Å². The van der Waals surface area contributed by atoms with Crippen LogP contribution in [-0.2, 0) is 34.8 Å². The normalized spacial score (nSPS) is 14.0. The van der Waals surface area contributed by atoms with Crippen LogP contribution in [-0.4, -0.2) is 86.2 Å². The SMILES string of the molecule is CO[Si](CCC[Si](C)(C)O[SiH](C)O[Si](C)(C)CCC[Si](OC)(OC)OC)(OC)OC. The quantitative estimate of drug-likeness (QED) is 0.254. The fourth-order valence-electron chi connectivity index (χ4n) is 3.61. The van der Waals surface area contributed by atoms with Gasteiger partial charge in [-0.3, -0.25) is 0 Å². The first-order chi connectivity index (χ1) is 13.9. The zero-order chi connectivity index (χ0) is 23.5. The van der Waals surface area contributed by atoms with Crippen molar-refractivity contribution in [2.24, 2.45) is 0 Å². The Balaban J connectivity index is 4.54. The maximum absolute atomic E-state index is 6.52. The van der Waals surface area contributed by atoms with Crippen molar-refractivity contribution in [2.45, 2.75) is 69.8 Å². The molecule has 30 heavy (non-hydrogen) atoms. The maximum Gasteiger partial charge on any atom is 0.500 e. The Kier molecular flexibility index (Phi) is 14.5. The van der Waals surface area contributed by atoms with E-state index in [1.165, 1.54) is 0 Å². The van der Waals surface area contributed by atoms with Crippen molar-refractivity contribution in [3.63, 3.8) is 0 Å². The van der Waals surface area contributed by atoms with Crippen molar-refractivity contribution in [2.75, 3.05) is 42.7 Å². The topological polar surface area (TPSA) is 73.8 Å².